The van der Waals surface area contributed by atoms with Gasteiger partial charge in [0.2, 0.25) is 0 Å². The maximum absolute atomic E-state index is 3.45. The Labute approximate surface area is 109 Å². The van der Waals surface area contributed by atoms with Gasteiger partial charge in [-0.05, 0) is 82.6 Å². The summed E-state index contributed by atoms with van der Waals surface area (Å²) in [6.07, 6.45) is 8.73. The molecule has 1 aliphatic carbocycles. The summed E-state index contributed by atoms with van der Waals surface area (Å²) in [5.41, 5.74) is 0.779. The first-order valence-electron chi connectivity index (χ1n) is 7.71. The van der Waals surface area contributed by atoms with Crippen molar-refractivity contribution >= 4 is 0 Å². The van der Waals surface area contributed by atoms with Gasteiger partial charge in [0.15, 0.2) is 0 Å². The van der Waals surface area contributed by atoms with Crippen molar-refractivity contribution in [3.05, 3.63) is 0 Å². The Morgan fingerprint density at radius 1 is 1.24 bits per heavy atom. The minimum atomic E-state index is 0. The molecule has 0 amide bonds. The summed E-state index contributed by atoms with van der Waals surface area (Å²) in [7, 11) is 0. The highest BCUT2D eigenvalue weighted by Gasteiger charge is 2.44. The smallest absolute Gasteiger partial charge is 0 e. The maximum atomic E-state index is 3.45. The van der Waals surface area contributed by atoms with Crippen LogP contribution in [-0.2, 0) is 0 Å². The Bertz CT molecular complexity index is 217. The van der Waals surface area contributed by atoms with E-state index in [0.717, 1.165) is 17.9 Å². The largest absolute Gasteiger partial charge is 0.317 e. The van der Waals surface area contributed by atoms with Crippen LogP contribution in [0, 0.1) is 11.3 Å². The molecule has 0 aromatic carbocycles. The van der Waals surface area contributed by atoms with Gasteiger partial charge in [-0.3, -0.25) is 0 Å². The van der Waals surface area contributed by atoms with E-state index in [0.29, 0.717) is 0 Å². The summed E-state index contributed by atoms with van der Waals surface area (Å²) in [6.45, 7) is 10.9. The molecule has 0 radical (unpaired) electrons. The van der Waals surface area contributed by atoms with Crippen LogP contribution < -0.4 is 5.32 Å². The van der Waals surface area contributed by atoms with Crippen LogP contribution >= 0.6 is 0 Å². The van der Waals surface area contributed by atoms with Gasteiger partial charge < -0.3 is 10.2 Å². The van der Waals surface area contributed by atoms with Gasteiger partial charge in [0.1, 0.15) is 0 Å². The fourth-order valence-corrected chi connectivity index (χ4v) is 3.83. The molecular formula is C15H32N2. The van der Waals surface area contributed by atoms with Crippen LogP contribution in [0.5, 0.6) is 0 Å². The summed E-state index contributed by atoms with van der Waals surface area (Å²) in [4.78, 5) is 2.66. The topological polar surface area (TPSA) is 15.3 Å². The lowest BCUT2D eigenvalue weighted by Crippen LogP contribution is -2.47. The molecule has 2 aliphatic rings. The molecule has 2 fully saturated rings. The molecule has 0 aromatic rings. The summed E-state index contributed by atoms with van der Waals surface area (Å²) < 4.78 is 0. The molecule has 1 N–H and O–H groups in total. The number of hydrogen-bond acceptors (Lipinski definition) is 2. The van der Waals surface area contributed by atoms with Gasteiger partial charge in [0, 0.05) is 1.43 Å². The predicted octanol–water partition coefficient (Wildman–Crippen LogP) is 3.13. The minimum Gasteiger partial charge on any atom is -0.317 e. The standard InChI is InChI=1S/C15H30N2.H2/c1-3-9-17-10-6-15(7-11-17)12-14(13-15)5-8-16-4-2;/h14,16H,3-13H2,1-2H3;1H. The average Bonchev–Trinajstić information content (AvgIpc) is 2.30. The molecular weight excluding hydrogens is 208 g/mol. The van der Waals surface area contributed by atoms with Crippen LogP contribution in [-0.4, -0.2) is 37.6 Å². The maximum Gasteiger partial charge on any atom is 0 e. The van der Waals surface area contributed by atoms with Crippen molar-refractivity contribution in [2.24, 2.45) is 11.3 Å². The highest BCUT2D eigenvalue weighted by atomic mass is 15.1. The number of nitrogens with zero attached hydrogens (tertiary/aromatic N) is 1. The lowest BCUT2D eigenvalue weighted by molar-refractivity contribution is -0.0156. The highest BCUT2D eigenvalue weighted by Crippen LogP contribution is 2.53. The van der Waals surface area contributed by atoms with Crippen molar-refractivity contribution in [2.75, 3.05) is 32.7 Å². The zero-order valence-corrected chi connectivity index (χ0v) is 11.8. The van der Waals surface area contributed by atoms with Crippen LogP contribution in [0.2, 0.25) is 0 Å². The molecule has 1 spiro atoms. The summed E-state index contributed by atoms with van der Waals surface area (Å²) in [5, 5.41) is 3.45. The average molecular weight is 240 g/mol. The molecule has 2 nitrogen and oxygen atoms in total. The highest BCUT2D eigenvalue weighted by molar-refractivity contribution is 4.96. The number of nitrogens with one attached hydrogen (secondary N) is 1. The summed E-state index contributed by atoms with van der Waals surface area (Å²) in [5.74, 6) is 1.03. The van der Waals surface area contributed by atoms with Crippen molar-refractivity contribution in [2.45, 2.75) is 52.4 Å². The number of piperidine rings is 1. The molecule has 1 saturated heterocycles. The molecule has 102 valence electrons. The van der Waals surface area contributed by atoms with Gasteiger partial charge in [-0.25, -0.2) is 0 Å². The van der Waals surface area contributed by atoms with Gasteiger partial charge in [0.25, 0.3) is 0 Å². The van der Waals surface area contributed by atoms with Crippen LogP contribution in [0.25, 0.3) is 0 Å². The van der Waals surface area contributed by atoms with E-state index in [1.165, 1.54) is 64.7 Å². The van der Waals surface area contributed by atoms with Crippen molar-refractivity contribution in [1.29, 1.82) is 0 Å². The molecule has 1 aliphatic heterocycles. The monoisotopic (exact) mass is 240 g/mol. The quantitative estimate of drug-likeness (QED) is 0.718. The Hall–Kier alpha value is -0.0800. The molecule has 2 heteroatoms. The third-order valence-corrected chi connectivity index (χ3v) is 4.88. The molecule has 0 unspecified atom stereocenters. The lowest BCUT2D eigenvalue weighted by atomic mass is 9.57. The third kappa shape index (κ3) is 3.45. The molecule has 0 bridgehead atoms. The van der Waals surface area contributed by atoms with Gasteiger partial charge in [-0.15, -0.1) is 0 Å². The van der Waals surface area contributed by atoms with E-state index < -0.39 is 0 Å². The van der Waals surface area contributed by atoms with Crippen molar-refractivity contribution in [3.8, 4) is 0 Å². The molecule has 1 saturated carbocycles. The predicted molar refractivity (Wildman–Crippen MR) is 76.4 cm³/mol. The van der Waals surface area contributed by atoms with E-state index in [2.05, 4.69) is 24.1 Å². The normalized spacial score (nSPS) is 25.1. The van der Waals surface area contributed by atoms with Crippen molar-refractivity contribution in [1.82, 2.24) is 10.2 Å². The van der Waals surface area contributed by atoms with E-state index in [4.69, 9.17) is 0 Å². The van der Waals surface area contributed by atoms with E-state index in [-0.39, 0.29) is 1.43 Å². The van der Waals surface area contributed by atoms with Crippen LogP contribution in [0.4, 0.5) is 0 Å². The molecule has 17 heavy (non-hydrogen) atoms. The number of likely N-dealkylation sites (tertiary alicyclic amines) is 1. The number of hydrogen-bond donors (Lipinski definition) is 1. The van der Waals surface area contributed by atoms with Gasteiger partial charge in [0.05, 0.1) is 0 Å². The Balaban J connectivity index is 0.00000162. The van der Waals surface area contributed by atoms with Crippen LogP contribution in [0.1, 0.15) is 53.8 Å². The van der Waals surface area contributed by atoms with Gasteiger partial charge in [-0.2, -0.15) is 0 Å². The van der Waals surface area contributed by atoms with Gasteiger partial charge >= 0.3 is 0 Å². The fourth-order valence-electron chi connectivity index (χ4n) is 3.83. The number of rotatable bonds is 6. The first kappa shape index (κ1) is 13.4. The van der Waals surface area contributed by atoms with E-state index in [1.54, 1.807) is 0 Å². The Morgan fingerprint density at radius 2 is 1.94 bits per heavy atom. The van der Waals surface area contributed by atoms with Crippen molar-refractivity contribution in [3.63, 3.8) is 0 Å². The van der Waals surface area contributed by atoms with E-state index in [9.17, 15) is 0 Å². The summed E-state index contributed by atoms with van der Waals surface area (Å²) >= 11 is 0. The van der Waals surface area contributed by atoms with Crippen molar-refractivity contribution < 1.29 is 1.43 Å². The second-order valence-corrected chi connectivity index (χ2v) is 6.26. The summed E-state index contributed by atoms with van der Waals surface area (Å²) in [6, 6.07) is 0. The molecule has 0 aromatic heterocycles. The van der Waals surface area contributed by atoms with E-state index >= 15 is 0 Å². The molecule has 0 atom stereocenters. The van der Waals surface area contributed by atoms with Crippen LogP contribution in [0.15, 0.2) is 0 Å². The van der Waals surface area contributed by atoms with Gasteiger partial charge in [-0.1, -0.05) is 13.8 Å². The molecule has 2 rings (SSSR count). The third-order valence-electron chi connectivity index (χ3n) is 4.88. The zero-order valence-electron chi connectivity index (χ0n) is 11.8. The Morgan fingerprint density at radius 3 is 2.53 bits per heavy atom. The first-order valence-corrected chi connectivity index (χ1v) is 7.71. The second kappa shape index (κ2) is 6.19. The zero-order chi connectivity index (χ0) is 12.1. The minimum absolute atomic E-state index is 0. The fraction of sp³-hybridized carbons (Fsp3) is 1.00. The van der Waals surface area contributed by atoms with Crippen LogP contribution in [0.3, 0.4) is 0 Å². The molecule has 1 heterocycles. The first-order chi connectivity index (χ1) is 8.28. The van der Waals surface area contributed by atoms with E-state index in [1.807, 2.05) is 0 Å². The Kier molecular flexibility index (Phi) is 4.87. The second-order valence-electron chi connectivity index (χ2n) is 6.26. The SMILES string of the molecule is CCCN1CCC2(CC1)CC(CCNCC)C2.[HH]. The lowest BCUT2D eigenvalue weighted by Gasteiger charge is -2.52.